The van der Waals surface area contributed by atoms with Gasteiger partial charge in [0.2, 0.25) is 11.8 Å². The Morgan fingerprint density at radius 1 is 1.08 bits per heavy atom. The van der Waals surface area contributed by atoms with Gasteiger partial charge in [-0.3, -0.25) is 9.59 Å². The first-order valence-corrected chi connectivity index (χ1v) is 8.14. The molecule has 0 aliphatic heterocycles. The Balaban J connectivity index is 2.21. The summed E-state index contributed by atoms with van der Waals surface area (Å²) >= 11 is 12.1. The number of anilines is 2. The van der Waals surface area contributed by atoms with Gasteiger partial charge in [-0.15, -0.1) is 0 Å². The third-order valence-electron chi connectivity index (χ3n) is 3.48. The molecule has 2 aromatic carbocycles. The minimum absolute atomic E-state index is 0.123. The summed E-state index contributed by atoms with van der Waals surface area (Å²) in [6.45, 7) is 5.07. The second kappa shape index (κ2) is 7.69. The van der Waals surface area contributed by atoms with Crippen LogP contribution in [0.25, 0.3) is 0 Å². The van der Waals surface area contributed by atoms with Gasteiger partial charge in [-0.05, 0) is 55.3 Å². The Hall–Kier alpha value is -2.04. The van der Waals surface area contributed by atoms with Crippen molar-refractivity contribution in [2.45, 2.75) is 20.8 Å². The average Bonchev–Trinajstić information content (AvgIpc) is 2.47. The van der Waals surface area contributed by atoms with E-state index in [4.69, 9.17) is 23.2 Å². The molecule has 0 aliphatic carbocycles. The third kappa shape index (κ3) is 4.49. The second-order valence-electron chi connectivity index (χ2n) is 5.57. The van der Waals surface area contributed by atoms with E-state index in [2.05, 4.69) is 5.32 Å². The van der Waals surface area contributed by atoms with E-state index in [1.54, 1.807) is 30.3 Å². The molecular weight excluding hydrogens is 347 g/mol. The minimum atomic E-state index is -0.316. The molecule has 4 nitrogen and oxygen atoms in total. The molecule has 126 valence electrons. The van der Waals surface area contributed by atoms with Crippen molar-refractivity contribution in [1.29, 1.82) is 0 Å². The van der Waals surface area contributed by atoms with Crippen LogP contribution in [0.2, 0.25) is 10.0 Å². The average molecular weight is 365 g/mol. The minimum Gasteiger partial charge on any atom is -0.325 e. The van der Waals surface area contributed by atoms with Gasteiger partial charge in [0.25, 0.3) is 0 Å². The van der Waals surface area contributed by atoms with E-state index >= 15 is 0 Å². The van der Waals surface area contributed by atoms with Crippen molar-refractivity contribution >= 4 is 46.4 Å². The molecule has 0 saturated carbocycles. The number of amides is 2. The fraction of sp³-hybridized carbons (Fsp3) is 0.222. The highest BCUT2D eigenvalue weighted by atomic mass is 35.5. The van der Waals surface area contributed by atoms with Crippen LogP contribution in [0.4, 0.5) is 11.4 Å². The van der Waals surface area contributed by atoms with E-state index in [-0.39, 0.29) is 18.4 Å². The van der Waals surface area contributed by atoms with E-state index in [1.165, 1.54) is 11.8 Å². The van der Waals surface area contributed by atoms with Gasteiger partial charge in [0.05, 0.1) is 10.7 Å². The lowest BCUT2D eigenvalue weighted by molar-refractivity contribution is -0.120. The number of nitrogens with one attached hydrogen (secondary N) is 1. The molecule has 0 aliphatic rings. The molecule has 0 radical (unpaired) electrons. The number of aryl methyl sites for hydroxylation is 2. The monoisotopic (exact) mass is 364 g/mol. The van der Waals surface area contributed by atoms with Gasteiger partial charge in [0.1, 0.15) is 6.54 Å². The number of carbonyl (C=O) groups excluding carboxylic acids is 2. The maximum atomic E-state index is 12.3. The first-order chi connectivity index (χ1) is 11.3. The van der Waals surface area contributed by atoms with Gasteiger partial charge in [0, 0.05) is 17.6 Å². The number of rotatable bonds is 4. The summed E-state index contributed by atoms with van der Waals surface area (Å²) in [6.07, 6.45) is 0. The van der Waals surface area contributed by atoms with Crippen LogP contribution in [0, 0.1) is 13.8 Å². The fourth-order valence-electron chi connectivity index (χ4n) is 2.48. The molecule has 0 bridgehead atoms. The Labute approximate surface area is 151 Å². The maximum absolute atomic E-state index is 12.3. The molecule has 6 heteroatoms. The molecular formula is C18H18Cl2N2O2. The van der Waals surface area contributed by atoms with E-state index in [9.17, 15) is 9.59 Å². The van der Waals surface area contributed by atoms with Crippen LogP contribution in [-0.4, -0.2) is 18.4 Å². The number of benzene rings is 2. The van der Waals surface area contributed by atoms with Crippen molar-refractivity contribution < 1.29 is 9.59 Å². The van der Waals surface area contributed by atoms with Crippen LogP contribution < -0.4 is 10.2 Å². The largest absolute Gasteiger partial charge is 0.325 e. The Morgan fingerprint density at radius 3 is 2.25 bits per heavy atom. The van der Waals surface area contributed by atoms with Crippen LogP contribution in [-0.2, 0) is 9.59 Å². The van der Waals surface area contributed by atoms with Crippen LogP contribution in [0.3, 0.4) is 0 Å². The second-order valence-corrected chi connectivity index (χ2v) is 6.42. The number of hydrogen-bond donors (Lipinski definition) is 1. The number of hydrogen-bond acceptors (Lipinski definition) is 2. The molecule has 0 saturated heterocycles. The Kier molecular flexibility index (Phi) is 5.86. The standard InChI is InChI=1S/C18H18Cl2N2O2/c1-11-8-12(2)18(16(20)9-11)22(13(3)23)10-17(24)21-15-6-4-14(19)5-7-15/h4-9H,10H2,1-3H3,(H,21,24). The molecule has 0 aromatic heterocycles. The van der Waals surface area contributed by atoms with Gasteiger partial charge in [0.15, 0.2) is 0 Å². The Bertz CT molecular complexity index is 750. The SMILES string of the molecule is CC(=O)N(CC(=O)Nc1ccc(Cl)cc1)c1c(C)cc(C)cc1Cl. The van der Waals surface area contributed by atoms with Crippen molar-refractivity contribution in [2.75, 3.05) is 16.8 Å². The lowest BCUT2D eigenvalue weighted by Gasteiger charge is -2.24. The Morgan fingerprint density at radius 2 is 1.71 bits per heavy atom. The number of halogens is 2. The summed E-state index contributed by atoms with van der Waals surface area (Å²) in [5.41, 5.74) is 3.01. The van der Waals surface area contributed by atoms with Crippen molar-refractivity contribution in [2.24, 2.45) is 0 Å². The highest BCUT2D eigenvalue weighted by Gasteiger charge is 2.20. The lowest BCUT2D eigenvalue weighted by Crippen LogP contribution is -2.37. The molecule has 0 fully saturated rings. The highest BCUT2D eigenvalue weighted by molar-refractivity contribution is 6.34. The van der Waals surface area contributed by atoms with Gasteiger partial charge < -0.3 is 10.2 Å². The zero-order chi connectivity index (χ0) is 17.9. The van der Waals surface area contributed by atoms with Crippen molar-refractivity contribution in [3.8, 4) is 0 Å². The zero-order valence-electron chi connectivity index (χ0n) is 13.7. The third-order valence-corrected chi connectivity index (χ3v) is 4.02. The molecule has 24 heavy (non-hydrogen) atoms. The summed E-state index contributed by atoms with van der Waals surface area (Å²) < 4.78 is 0. The molecule has 2 rings (SSSR count). The fourth-order valence-corrected chi connectivity index (χ4v) is 3.02. The van der Waals surface area contributed by atoms with Gasteiger partial charge >= 0.3 is 0 Å². The van der Waals surface area contributed by atoms with Gasteiger partial charge in [-0.2, -0.15) is 0 Å². The number of carbonyl (C=O) groups is 2. The predicted molar refractivity (Wildman–Crippen MR) is 99.0 cm³/mol. The van der Waals surface area contributed by atoms with E-state index < -0.39 is 0 Å². The molecule has 1 N–H and O–H groups in total. The van der Waals surface area contributed by atoms with Gasteiger partial charge in [-0.1, -0.05) is 29.3 Å². The van der Waals surface area contributed by atoms with E-state index in [0.717, 1.165) is 11.1 Å². The lowest BCUT2D eigenvalue weighted by atomic mass is 10.1. The van der Waals surface area contributed by atoms with Crippen LogP contribution in [0.15, 0.2) is 36.4 Å². The molecule has 0 atom stereocenters. The molecule has 0 spiro atoms. The van der Waals surface area contributed by atoms with Crippen LogP contribution in [0.5, 0.6) is 0 Å². The predicted octanol–water partition coefficient (Wildman–Crippen LogP) is 4.60. The molecule has 2 amide bonds. The van der Waals surface area contributed by atoms with Crippen LogP contribution >= 0.6 is 23.2 Å². The van der Waals surface area contributed by atoms with E-state index in [1.807, 2.05) is 19.9 Å². The quantitative estimate of drug-likeness (QED) is 0.861. The zero-order valence-corrected chi connectivity index (χ0v) is 15.2. The molecule has 2 aromatic rings. The topological polar surface area (TPSA) is 49.4 Å². The summed E-state index contributed by atoms with van der Waals surface area (Å²) in [5, 5.41) is 3.77. The first-order valence-electron chi connectivity index (χ1n) is 7.38. The van der Waals surface area contributed by atoms with Crippen LogP contribution in [0.1, 0.15) is 18.1 Å². The summed E-state index contributed by atoms with van der Waals surface area (Å²) in [5.74, 6) is -0.571. The number of nitrogens with zero attached hydrogens (tertiary/aromatic N) is 1. The van der Waals surface area contributed by atoms with E-state index in [0.29, 0.717) is 21.4 Å². The summed E-state index contributed by atoms with van der Waals surface area (Å²) in [6, 6.07) is 10.5. The molecule has 0 heterocycles. The van der Waals surface area contributed by atoms with Crippen molar-refractivity contribution in [3.63, 3.8) is 0 Å². The van der Waals surface area contributed by atoms with Gasteiger partial charge in [-0.25, -0.2) is 0 Å². The summed E-state index contributed by atoms with van der Waals surface area (Å²) in [7, 11) is 0. The summed E-state index contributed by atoms with van der Waals surface area (Å²) in [4.78, 5) is 25.7. The van der Waals surface area contributed by atoms with Crippen molar-refractivity contribution in [1.82, 2.24) is 0 Å². The maximum Gasteiger partial charge on any atom is 0.244 e. The normalized spacial score (nSPS) is 10.4. The van der Waals surface area contributed by atoms with Crippen molar-refractivity contribution in [3.05, 3.63) is 57.6 Å². The smallest absolute Gasteiger partial charge is 0.244 e. The highest BCUT2D eigenvalue weighted by Crippen LogP contribution is 2.31. The first kappa shape index (κ1) is 18.3. The molecule has 0 unspecified atom stereocenters.